The molecule has 132 valence electrons. The van der Waals surface area contributed by atoms with Crippen molar-refractivity contribution in [1.82, 2.24) is 10.3 Å². The number of carbonyl (C=O) groups excluding carboxylic acids is 1. The largest absolute Gasteiger partial charge is 0.493 e. The highest BCUT2D eigenvalue weighted by molar-refractivity contribution is 7.15. The van der Waals surface area contributed by atoms with E-state index >= 15 is 0 Å². The first kappa shape index (κ1) is 16.5. The van der Waals surface area contributed by atoms with Crippen LogP contribution in [0.25, 0.3) is 0 Å². The Balaban J connectivity index is 1.37. The second-order valence-electron chi connectivity index (χ2n) is 6.72. The molecule has 0 radical (unpaired) electrons. The number of thiazole rings is 1. The molecule has 5 nitrogen and oxygen atoms in total. The number of hydrogen-bond acceptors (Lipinski definition) is 5. The van der Waals surface area contributed by atoms with Crippen LogP contribution >= 0.6 is 11.3 Å². The Bertz CT molecular complexity index is 740. The Kier molecular flexibility index (Phi) is 4.99. The van der Waals surface area contributed by atoms with Crippen molar-refractivity contribution in [3.8, 4) is 5.75 Å². The maximum Gasteiger partial charge on any atom is 0.226 e. The molecule has 0 aliphatic carbocycles. The zero-order valence-corrected chi connectivity index (χ0v) is 15.0. The van der Waals surface area contributed by atoms with Crippen LogP contribution in [0.5, 0.6) is 5.75 Å². The first-order valence-electron chi connectivity index (χ1n) is 8.97. The lowest BCUT2D eigenvalue weighted by Gasteiger charge is -2.25. The van der Waals surface area contributed by atoms with E-state index in [1.807, 2.05) is 24.4 Å². The van der Waals surface area contributed by atoms with E-state index in [1.165, 1.54) is 4.88 Å². The van der Waals surface area contributed by atoms with Gasteiger partial charge in [0.25, 0.3) is 0 Å². The van der Waals surface area contributed by atoms with Crippen molar-refractivity contribution in [3.05, 3.63) is 40.9 Å². The molecule has 2 N–H and O–H groups in total. The second kappa shape index (κ2) is 7.54. The van der Waals surface area contributed by atoms with Crippen molar-refractivity contribution in [2.45, 2.75) is 37.5 Å². The van der Waals surface area contributed by atoms with Crippen LogP contribution < -0.4 is 15.4 Å². The number of para-hydroxylation sites is 1. The number of aromatic nitrogens is 1. The average Bonchev–Trinajstić information content (AvgIpc) is 3.11. The fraction of sp³-hybridized carbons (Fsp3) is 0.474. The van der Waals surface area contributed by atoms with E-state index in [9.17, 15) is 4.79 Å². The monoisotopic (exact) mass is 357 g/mol. The average molecular weight is 357 g/mol. The Labute approximate surface area is 151 Å². The summed E-state index contributed by atoms with van der Waals surface area (Å²) in [7, 11) is 0. The standard InChI is InChI=1S/C19H23N3O2S/c23-18(11-14-7-10-24-16-4-2-1-3-15(14)16)22-19-21-12-17(25-19)13-5-8-20-9-6-13/h1-4,12-14,20H,5-11H2,(H,21,22,23). The van der Waals surface area contributed by atoms with E-state index < -0.39 is 0 Å². The van der Waals surface area contributed by atoms with Crippen molar-refractivity contribution in [1.29, 1.82) is 0 Å². The zero-order valence-electron chi connectivity index (χ0n) is 14.2. The number of fused-ring (bicyclic) bond motifs is 1. The number of carbonyl (C=O) groups is 1. The molecule has 0 spiro atoms. The van der Waals surface area contributed by atoms with Gasteiger partial charge in [0.05, 0.1) is 6.61 Å². The van der Waals surface area contributed by atoms with Gasteiger partial charge < -0.3 is 15.4 Å². The van der Waals surface area contributed by atoms with E-state index in [0.29, 0.717) is 18.9 Å². The van der Waals surface area contributed by atoms with Crippen molar-refractivity contribution in [2.24, 2.45) is 0 Å². The van der Waals surface area contributed by atoms with E-state index in [2.05, 4.69) is 21.7 Å². The Hall–Kier alpha value is -1.92. The number of nitrogens with zero attached hydrogens (tertiary/aromatic N) is 1. The summed E-state index contributed by atoms with van der Waals surface area (Å²) in [6.45, 7) is 2.80. The molecule has 3 heterocycles. The number of anilines is 1. The number of nitrogens with one attached hydrogen (secondary N) is 2. The topological polar surface area (TPSA) is 63.2 Å². The van der Waals surface area contributed by atoms with Crippen molar-refractivity contribution < 1.29 is 9.53 Å². The quantitative estimate of drug-likeness (QED) is 0.879. The minimum atomic E-state index is 0.0351. The highest BCUT2D eigenvalue weighted by Gasteiger charge is 2.24. The van der Waals surface area contributed by atoms with Gasteiger partial charge in [0, 0.05) is 17.5 Å². The normalized spacial score (nSPS) is 20.6. The summed E-state index contributed by atoms with van der Waals surface area (Å²) in [4.78, 5) is 18.2. The molecule has 1 atom stereocenters. The zero-order chi connectivity index (χ0) is 17.1. The van der Waals surface area contributed by atoms with Crippen molar-refractivity contribution in [3.63, 3.8) is 0 Å². The maximum atomic E-state index is 12.5. The molecule has 2 aromatic rings. The summed E-state index contributed by atoms with van der Waals surface area (Å²) in [6.07, 6.45) is 5.58. The summed E-state index contributed by atoms with van der Waals surface area (Å²) in [6, 6.07) is 8.01. The second-order valence-corrected chi connectivity index (χ2v) is 7.78. The third kappa shape index (κ3) is 3.85. The molecule has 6 heteroatoms. The van der Waals surface area contributed by atoms with E-state index in [0.717, 1.165) is 48.8 Å². The number of piperidine rings is 1. The number of amides is 1. The molecule has 0 saturated carbocycles. The fourth-order valence-corrected chi connectivity index (χ4v) is 4.66. The third-order valence-corrected chi connectivity index (χ3v) is 6.10. The lowest BCUT2D eigenvalue weighted by atomic mass is 9.90. The van der Waals surface area contributed by atoms with Gasteiger partial charge >= 0.3 is 0 Å². The molecule has 1 amide bonds. The van der Waals surface area contributed by atoms with Crippen LogP contribution in [-0.4, -0.2) is 30.6 Å². The molecular formula is C19H23N3O2S. The van der Waals surface area contributed by atoms with Gasteiger partial charge in [-0.15, -0.1) is 11.3 Å². The van der Waals surface area contributed by atoms with Gasteiger partial charge in [-0.1, -0.05) is 18.2 Å². The van der Waals surface area contributed by atoms with Gasteiger partial charge in [-0.2, -0.15) is 0 Å². The fourth-order valence-electron chi connectivity index (χ4n) is 3.66. The molecule has 1 aromatic carbocycles. The van der Waals surface area contributed by atoms with Crippen LogP contribution in [0.1, 0.15) is 48.0 Å². The SMILES string of the molecule is O=C(CC1CCOc2ccccc21)Nc1ncc(C2CCNCC2)s1. The van der Waals surface area contributed by atoms with Gasteiger partial charge in [-0.3, -0.25) is 4.79 Å². The molecule has 25 heavy (non-hydrogen) atoms. The lowest BCUT2D eigenvalue weighted by molar-refractivity contribution is -0.116. The first-order chi connectivity index (χ1) is 12.3. The molecule has 1 unspecified atom stereocenters. The van der Waals surface area contributed by atoms with Crippen LogP contribution in [-0.2, 0) is 4.79 Å². The molecule has 4 rings (SSSR count). The van der Waals surface area contributed by atoms with E-state index in [-0.39, 0.29) is 11.8 Å². The summed E-state index contributed by atoms with van der Waals surface area (Å²) in [5.74, 6) is 1.74. The van der Waals surface area contributed by atoms with E-state index in [4.69, 9.17) is 4.74 Å². The Morgan fingerprint density at radius 3 is 3.00 bits per heavy atom. The summed E-state index contributed by atoms with van der Waals surface area (Å²) < 4.78 is 5.68. The van der Waals surface area contributed by atoms with Gasteiger partial charge in [-0.25, -0.2) is 4.98 Å². The molecule has 2 aliphatic heterocycles. The van der Waals surface area contributed by atoms with Crippen molar-refractivity contribution >= 4 is 22.4 Å². The molecule has 2 aliphatic rings. The van der Waals surface area contributed by atoms with Crippen LogP contribution in [0.3, 0.4) is 0 Å². The maximum absolute atomic E-state index is 12.5. The van der Waals surface area contributed by atoms with Gasteiger partial charge in [0.15, 0.2) is 5.13 Å². The summed E-state index contributed by atoms with van der Waals surface area (Å²) >= 11 is 1.62. The number of rotatable bonds is 4. The first-order valence-corrected chi connectivity index (χ1v) is 9.79. The summed E-state index contributed by atoms with van der Waals surface area (Å²) in [5, 5.41) is 7.09. The highest BCUT2D eigenvalue weighted by atomic mass is 32.1. The molecule has 1 fully saturated rings. The van der Waals surface area contributed by atoms with Gasteiger partial charge in [0.2, 0.25) is 5.91 Å². The minimum Gasteiger partial charge on any atom is -0.493 e. The third-order valence-electron chi connectivity index (χ3n) is 5.03. The van der Waals surface area contributed by atoms with E-state index in [1.54, 1.807) is 11.3 Å². The van der Waals surface area contributed by atoms with Gasteiger partial charge in [0.1, 0.15) is 5.75 Å². The minimum absolute atomic E-state index is 0.0351. The highest BCUT2D eigenvalue weighted by Crippen LogP contribution is 2.36. The van der Waals surface area contributed by atoms with Crippen molar-refractivity contribution in [2.75, 3.05) is 25.0 Å². The van der Waals surface area contributed by atoms with Crippen LogP contribution in [0.4, 0.5) is 5.13 Å². The summed E-state index contributed by atoms with van der Waals surface area (Å²) in [5.41, 5.74) is 1.14. The Morgan fingerprint density at radius 1 is 1.28 bits per heavy atom. The Morgan fingerprint density at radius 2 is 2.12 bits per heavy atom. The predicted octanol–water partition coefficient (Wildman–Crippen LogP) is 3.51. The number of benzene rings is 1. The van der Waals surface area contributed by atoms with Crippen LogP contribution in [0.15, 0.2) is 30.5 Å². The number of ether oxygens (including phenoxy) is 1. The molecule has 0 bridgehead atoms. The smallest absolute Gasteiger partial charge is 0.226 e. The molecule has 1 aromatic heterocycles. The van der Waals surface area contributed by atoms with Crippen LogP contribution in [0, 0.1) is 0 Å². The van der Waals surface area contributed by atoms with Gasteiger partial charge in [-0.05, 0) is 55.8 Å². The molecule has 1 saturated heterocycles. The molecular weight excluding hydrogens is 334 g/mol. The number of hydrogen-bond donors (Lipinski definition) is 2. The lowest BCUT2D eigenvalue weighted by Crippen LogP contribution is -2.26. The predicted molar refractivity (Wildman–Crippen MR) is 99.5 cm³/mol. The van der Waals surface area contributed by atoms with Crippen LogP contribution in [0.2, 0.25) is 0 Å².